The summed E-state index contributed by atoms with van der Waals surface area (Å²) in [5.74, 6) is 2.33. The zero-order valence-electron chi connectivity index (χ0n) is 12.6. The minimum atomic E-state index is 0.0387. The van der Waals surface area contributed by atoms with Crippen LogP contribution in [0.2, 0.25) is 0 Å². The van der Waals surface area contributed by atoms with Gasteiger partial charge in [-0.15, -0.1) is 0 Å². The van der Waals surface area contributed by atoms with Gasteiger partial charge in [0.05, 0.1) is 7.11 Å². The second-order valence-corrected chi connectivity index (χ2v) is 5.70. The molecule has 2 aliphatic rings. The molecule has 1 amide bonds. The molecule has 1 fully saturated rings. The largest absolute Gasteiger partial charge is 0.493 e. The Morgan fingerprint density at radius 1 is 1.33 bits per heavy atom. The maximum atomic E-state index is 12.7. The van der Waals surface area contributed by atoms with E-state index in [4.69, 9.17) is 14.2 Å². The monoisotopic (exact) mass is 291 g/mol. The predicted molar refractivity (Wildman–Crippen MR) is 78.3 cm³/mol. The lowest BCUT2D eigenvalue weighted by Gasteiger charge is -2.31. The Hall–Kier alpha value is -1.91. The van der Waals surface area contributed by atoms with E-state index in [-0.39, 0.29) is 5.91 Å². The van der Waals surface area contributed by atoms with Gasteiger partial charge in [-0.3, -0.25) is 4.79 Å². The van der Waals surface area contributed by atoms with Crippen LogP contribution in [0.25, 0.3) is 0 Å². The average molecular weight is 291 g/mol. The van der Waals surface area contributed by atoms with Gasteiger partial charge in [0.2, 0.25) is 5.75 Å². The van der Waals surface area contributed by atoms with Crippen molar-refractivity contribution >= 4 is 5.91 Å². The summed E-state index contributed by atoms with van der Waals surface area (Å²) in [5, 5.41) is 0. The summed E-state index contributed by atoms with van der Waals surface area (Å²) in [4.78, 5) is 14.6. The van der Waals surface area contributed by atoms with Crippen LogP contribution in [-0.2, 0) is 0 Å². The van der Waals surface area contributed by atoms with E-state index in [0.29, 0.717) is 41.9 Å². The highest BCUT2D eigenvalue weighted by Crippen LogP contribution is 2.40. The molecule has 2 heterocycles. The van der Waals surface area contributed by atoms with Crippen molar-refractivity contribution in [2.45, 2.75) is 19.8 Å². The number of ether oxygens (including phenoxy) is 3. The average Bonchev–Trinajstić information content (AvgIpc) is 2.53. The van der Waals surface area contributed by atoms with Crippen LogP contribution in [-0.4, -0.2) is 44.2 Å². The van der Waals surface area contributed by atoms with Crippen LogP contribution in [0.4, 0.5) is 0 Å². The third-order valence-electron chi connectivity index (χ3n) is 4.02. The molecule has 1 aromatic rings. The minimum absolute atomic E-state index is 0.0387. The van der Waals surface area contributed by atoms with Crippen molar-refractivity contribution in [3.63, 3.8) is 0 Å². The molecular formula is C16H21NO4. The number of hydrogen-bond donors (Lipinski definition) is 0. The Morgan fingerprint density at radius 3 is 2.90 bits per heavy atom. The first-order valence-corrected chi connectivity index (χ1v) is 7.46. The molecule has 5 nitrogen and oxygen atoms in total. The number of carbonyl (C=O) groups is 1. The van der Waals surface area contributed by atoms with Crippen LogP contribution >= 0.6 is 0 Å². The molecule has 0 saturated carbocycles. The number of carbonyl (C=O) groups excluding carboxylic acids is 1. The maximum Gasteiger partial charge on any atom is 0.254 e. The molecule has 1 atom stereocenters. The standard InChI is InChI=1S/C16H21NO4/c1-11-4-3-5-17(10-11)16(18)12-8-13(19-2)15-14(9-12)20-6-7-21-15/h8-9,11H,3-7,10H2,1-2H3/t11-/m1/s1. The Labute approximate surface area is 124 Å². The molecule has 5 heteroatoms. The quantitative estimate of drug-likeness (QED) is 0.839. The number of piperidine rings is 1. The van der Waals surface area contributed by atoms with Gasteiger partial charge in [-0.25, -0.2) is 0 Å². The highest BCUT2D eigenvalue weighted by Gasteiger charge is 2.26. The summed E-state index contributed by atoms with van der Waals surface area (Å²) in [6, 6.07) is 3.51. The van der Waals surface area contributed by atoms with Crippen molar-refractivity contribution in [1.82, 2.24) is 4.90 Å². The van der Waals surface area contributed by atoms with Gasteiger partial charge >= 0.3 is 0 Å². The second-order valence-electron chi connectivity index (χ2n) is 5.70. The van der Waals surface area contributed by atoms with E-state index in [9.17, 15) is 4.79 Å². The summed E-state index contributed by atoms with van der Waals surface area (Å²) in [6.07, 6.45) is 2.25. The van der Waals surface area contributed by atoms with Gasteiger partial charge in [0, 0.05) is 18.7 Å². The fraction of sp³-hybridized carbons (Fsp3) is 0.562. The lowest BCUT2D eigenvalue weighted by Crippen LogP contribution is -2.39. The Bertz CT molecular complexity index is 526. The Morgan fingerprint density at radius 2 is 2.14 bits per heavy atom. The highest BCUT2D eigenvalue weighted by atomic mass is 16.6. The van der Waals surface area contributed by atoms with E-state index in [1.54, 1.807) is 19.2 Å². The van der Waals surface area contributed by atoms with Gasteiger partial charge in [0.25, 0.3) is 5.91 Å². The van der Waals surface area contributed by atoms with Crippen LogP contribution in [0.3, 0.4) is 0 Å². The van der Waals surface area contributed by atoms with Gasteiger partial charge in [0.1, 0.15) is 13.2 Å². The van der Waals surface area contributed by atoms with Crippen molar-refractivity contribution < 1.29 is 19.0 Å². The van der Waals surface area contributed by atoms with Crippen molar-refractivity contribution in [3.05, 3.63) is 17.7 Å². The summed E-state index contributed by atoms with van der Waals surface area (Å²) in [7, 11) is 1.57. The van der Waals surface area contributed by atoms with E-state index in [1.807, 2.05) is 4.90 Å². The van der Waals surface area contributed by atoms with Crippen LogP contribution in [0.1, 0.15) is 30.1 Å². The third kappa shape index (κ3) is 2.77. The minimum Gasteiger partial charge on any atom is -0.493 e. The SMILES string of the molecule is COc1cc(C(=O)N2CCC[C@@H](C)C2)cc2c1OCCO2. The van der Waals surface area contributed by atoms with Gasteiger partial charge < -0.3 is 19.1 Å². The van der Waals surface area contributed by atoms with Crippen molar-refractivity contribution in [3.8, 4) is 17.2 Å². The predicted octanol–water partition coefficient (Wildman–Crippen LogP) is 2.34. The highest BCUT2D eigenvalue weighted by molar-refractivity contribution is 5.95. The lowest BCUT2D eigenvalue weighted by molar-refractivity contribution is 0.0681. The normalized spacial score (nSPS) is 21.0. The number of nitrogens with zero attached hydrogens (tertiary/aromatic N) is 1. The number of amides is 1. The summed E-state index contributed by atoms with van der Waals surface area (Å²) < 4.78 is 16.5. The zero-order chi connectivity index (χ0) is 14.8. The first-order chi connectivity index (χ1) is 10.2. The molecular weight excluding hydrogens is 270 g/mol. The summed E-state index contributed by atoms with van der Waals surface area (Å²) in [6.45, 7) is 4.81. The number of methoxy groups -OCH3 is 1. The molecule has 0 radical (unpaired) electrons. The van der Waals surface area contributed by atoms with Gasteiger partial charge in [-0.1, -0.05) is 6.92 Å². The van der Waals surface area contributed by atoms with Crippen molar-refractivity contribution in [1.29, 1.82) is 0 Å². The Balaban J connectivity index is 1.89. The first-order valence-electron chi connectivity index (χ1n) is 7.46. The van der Waals surface area contributed by atoms with Crippen LogP contribution in [0.15, 0.2) is 12.1 Å². The van der Waals surface area contributed by atoms with Gasteiger partial charge in [0.15, 0.2) is 11.5 Å². The molecule has 0 bridgehead atoms. The van der Waals surface area contributed by atoms with E-state index in [1.165, 1.54) is 6.42 Å². The molecule has 1 aromatic carbocycles. The molecule has 0 spiro atoms. The van der Waals surface area contributed by atoms with Crippen LogP contribution in [0.5, 0.6) is 17.2 Å². The van der Waals surface area contributed by atoms with E-state index >= 15 is 0 Å². The van der Waals surface area contributed by atoms with E-state index in [0.717, 1.165) is 19.5 Å². The smallest absolute Gasteiger partial charge is 0.254 e. The number of likely N-dealkylation sites (tertiary alicyclic amines) is 1. The van der Waals surface area contributed by atoms with Gasteiger partial charge in [-0.05, 0) is 30.9 Å². The zero-order valence-corrected chi connectivity index (χ0v) is 12.6. The molecule has 21 heavy (non-hydrogen) atoms. The van der Waals surface area contributed by atoms with E-state index in [2.05, 4.69) is 6.92 Å². The number of rotatable bonds is 2. The van der Waals surface area contributed by atoms with Gasteiger partial charge in [-0.2, -0.15) is 0 Å². The summed E-state index contributed by atoms with van der Waals surface area (Å²) in [5.41, 5.74) is 0.602. The van der Waals surface area contributed by atoms with Crippen LogP contribution in [0, 0.1) is 5.92 Å². The lowest BCUT2D eigenvalue weighted by atomic mass is 9.99. The van der Waals surface area contributed by atoms with Crippen LogP contribution < -0.4 is 14.2 Å². The Kier molecular flexibility index (Phi) is 3.90. The molecule has 1 saturated heterocycles. The van der Waals surface area contributed by atoms with Crippen molar-refractivity contribution in [2.75, 3.05) is 33.4 Å². The molecule has 0 unspecified atom stereocenters. The third-order valence-corrected chi connectivity index (χ3v) is 4.02. The molecule has 0 aliphatic carbocycles. The number of benzene rings is 1. The topological polar surface area (TPSA) is 48.0 Å². The fourth-order valence-electron chi connectivity index (χ4n) is 2.95. The fourth-order valence-corrected chi connectivity index (χ4v) is 2.95. The molecule has 0 aromatic heterocycles. The number of hydrogen-bond acceptors (Lipinski definition) is 4. The van der Waals surface area contributed by atoms with Crippen molar-refractivity contribution in [2.24, 2.45) is 5.92 Å². The maximum absolute atomic E-state index is 12.7. The molecule has 0 N–H and O–H groups in total. The first kappa shape index (κ1) is 14.0. The second kappa shape index (κ2) is 5.84. The molecule has 3 rings (SSSR count). The molecule has 2 aliphatic heterocycles. The molecule has 114 valence electrons. The van der Waals surface area contributed by atoms with E-state index < -0.39 is 0 Å². The summed E-state index contributed by atoms with van der Waals surface area (Å²) >= 11 is 0. The number of fused-ring (bicyclic) bond motifs is 1.